The lowest BCUT2D eigenvalue weighted by Gasteiger charge is -2.11. The Morgan fingerprint density at radius 1 is 1.19 bits per heavy atom. The molecule has 0 fully saturated rings. The van der Waals surface area contributed by atoms with E-state index in [4.69, 9.17) is 20.6 Å². The summed E-state index contributed by atoms with van der Waals surface area (Å²) in [4.78, 5) is 24.0. The molecule has 162 valence electrons. The number of amides is 2. The van der Waals surface area contributed by atoms with Crippen LogP contribution in [-0.2, 0) is 4.79 Å². The minimum absolute atomic E-state index is 0.0823. The van der Waals surface area contributed by atoms with E-state index in [2.05, 4.69) is 44.4 Å². The van der Waals surface area contributed by atoms with E-state index >= 15 is 0 Å². The molecule has 0 bridgehead atoms. The van der Waals surface area contributed by atoms with Crippen LogP contribution >= 0.6 is 22.6 Å². The fraction of sp³-hybridized carbons (Fsp3) is 0.227. The molecule has 0 radical (unpaired) electrons. The normalized spacial score (nSPS) is 10.3. The summed E-state index contributed by atoms with van der Waals surface area (Å²) >= 11 is 2.10. The van der Waals surface area contributed by atoms with Gasteiger partial charge in [0, 0.05) is 18.5 Å². The Kier molecular flexibility index (Phi) is 9.64. The number of rotatable bonds is 10. The fourth-order valence-electron chi connectivity index (χ4n) is 2.44. The van der Waals surface area contributed by atoms with Gasteiger partial charge in [0.15, 0.2) is 11.5 Å². The van der Waals surface area contributed by atoms with Gasteiger partial charge < -0.3 is 19.5 Å². The first-order valence-corrected chi connectivity index (χ1v) is 10.2. The van der Waals surface area contributed by atoms with Gasteiger partial charge in [-0.1, -0.05) is 5.92 Å². The van der Waals surface area contributed by atoms with Crippen LogP contribution in [0.3, 0.4) is 0 Å². The molecule has 0 unspecified atom stereocenters. The van der Waals surface area contributed by atoms with Crippen LogP contribution in [0.5, 0.6) is 17.2 Å². The monoisotopic (exact) mass is 535 g/mol. The molecular weight excluding hydrogens is 513 g/mol. The minimum atomic E-state index is -0.332. The van der Waals surface area contributed by atoms with Crippen molar-refractivity contribution in [2.24, 2.45) is 5.10 Å². The van der Waals surface area contributed by atoms with Crippen LogP contribution in [-0.4, -0.2) is 45.4 Å². The summed E-state index contributed by atoms with van der Waals surface area (Å²) in [6.45, 7) is 0.310. The van der Waals surface area contributed by atoms with Crippen LogP contribution < -0.4 is 25.0 Å². The molecule has 0 aliphatic rings. The van der Waals surface area contributed by atoms with Crippen molar-refractivity contribution in [2.45, 2.75) is 6.42 Å². The van der Waals surface area contributed by atoms with E-state index < -0.39 is 0 Å². The number of benzene rings is 2. The zero-order valence-electron chi connectivity index (χ0n) is 17.1. The third kappa shape index (κ3) is 7.49. The summed E-state index contributed by atoms with van der Waals surface area (Å²) in [5.41, 5.74) is 3.62. The van der Waals surface area contributed by atoms with Crippen molar-refractivity contribution in [3.63, 3.8) is 0 Å². The molecule has 0 aromatic heterocycles. The molecule has 0 saturated carbocycles. The lowest BCUT2D eigenvalue weighted by atomic mass is 10.2. The topological polar surface area (TPSA) is 98.2 Å². The summed E-state index contributed by atoms with van der Waals surface area (Å²) < 4.78 is 16.7. The fourth-order valence-corrected chi connectivity index (χ4v) is 3.22. The van der Waals surface area contributed by atoms with E-state index in [1.165, 1.54) is 13.3 Å². The predicted molar refractivity (Wildman–Crippen MR) is 126 cm³/mol. The highest BCUT2D eigenvalue weighted by Gasteiger charge is 2.11. The molecule has 2 aromatic carbocycles. The number of ether oxygens (including phenoxy) is 3. The van der Waals surface area contributed by atoms with Gasteiger partial charge in [0.1, 0.15) is 12.4 Å². The van der Waals surface area contributed by atoms with Gasteiger partial charge in [-0.15, -0.1) is 6.42 Å². The Balaban J connectivity index is 1.83. The first kappa shape index (κ1) is 24.0. The van der Waals surface area contributed by atoms with Crippen LogP contribution in [0.1, 0.15) is 22.3 Å². The number of hydrazone groups is 1. The van der Waals surface area contributed by atoms with Gasteiger partial charge in [-0.2, -0.15) is 5.10 Å². The van der Waals surface area contributed by atoms with Gasteiger partial charge in [0.05, 0.1) is 24.0 Å². The average Bonchev–Trinajstić information content (AvgIpc) is 2.78. The van der Waals surface area contributed by atoms with Crippen molar-refractivity contribution in [1.29, 1.82) is 0 Å². The van der Waals surface area contributed by atoms with Crippen molar-refractivity contribution in [1.82, 2.24) is 10.7 Å². The molecule has 0 heterocycles. The number of nitrogens with one attached hydrogen (secondary N) is 2. The van der Waals surface area contributed by atoms with E-state index in [1.54, 1.807) is 37.4 Å². The van der Waals surface area contributed by atoms with Gasteiger partial charge in [0.2, 0.25) is 5.91 Å². The average molecular weight is 535 g/mol. The Morgan fingerprint density at radius 3 is 2.58 bits per heavy atom. The SMILES string of the molecule is C#CCOc1c(I)cc(C=NNC(=O)CCNC(=O)c2ccc(OC)cc2)cc1OC. The van der Waals surface area contributed by atoms with Crippen LogP contribution in [0, 0.1) is 15.9 Å². The molecule has 9 heteroatoms. The van der Waals surface area contributed by atoms with Crippen molar-refractivity contribution < 1.29 is 23.8 Å². The maximum atomic E-state index is 12.1. The highest BCUT2D eigenvalue weighted by atomic mass is 127. The summed E-state index contributed by atoms with van der Waals surface area (Å²) in [6.07, 6.45) is 6.80. The van der Waals surface area contributed by atoms with Gasteiger partial charge in [-0.05, 0) is 64.6 Å². The quantitative estimate of drug-likeness (QED) is 0.211. The molecule has 2 aromatic rings. The predicted octanol–water partition coefficient (Wildman–Crippen LogP) is 2.59. The molecule has 0 aliphatic heterocycles. The second kappa shape index (κ2) is 12.4. The van der Waals surface area contributed by atoms with E-state index in [0.717, 1.165) is 3.57 Å². The van der Waals surface area contributed by atoms with Gasteiger partial charge in [0.25, 0.3) is 5.91 Å². The third-order valence-corrected chi connectivity index (χ3v) is 4.75. The molecule has 0 spiro atoms. The number of halogens is 1. The van der Waals surface area contributed by atoms with E-state index in [-0.39, 0.29) is 31.4 Å². The number of hydrogen-bond acceptors (Lipinski definition) is 6. The van der Waals surface area contributed by atoms with Crippen LogP contribution in [0.25, 0.3) is 0 Å². The number of nitrogens with zero attached hydrogens (tertiary/aromatic N) is 1. The first-order valence-electron chi connectivity index (χ1n) is 9.16. The molecule has 0 saturated heterocycles. The summed E-state index contributed by atoms with van der Waals surface area (Å²) in [7, 11) is 3.08. The van der Waals surface area contributed by atoms with E-state index in [0.29, 0.717) is 28.4 Å². The van der Waals surface area contributed by atoms with Gasteiger partial charge in [-0.25, -0.2) is 5.43 Å². The van der Waals surface area contributed by atoms with E-state index in [9.17, 15) is 9.59 Å². The summed E-state index contributed by atoms with van der Waals surface area (Å²) in [5, 5.41) is 6.62. The smallest absolute Gasteiger partial charge is 0.251 e. The summed E-state index contributed by atoms with van der Waals surface area (Å²) in [5.74, 6) is 3.53. The molecule has 0 aliphatic carbocycles. The molecular formula is C22H22IN3O5. The van der Waals surface area contributed by atoms with Crippen LogP contribution in [0.2, 0.25) is 0 Å². The molecule has 2 N–H and O–H groups in total. The number of terminal acetylenes is 1. The van der Waals surface area contributed by atoms with Crippen molar-refractivity contribution in [2.75, 3.05) is 27.4 Å². The lowest BCUT2D eigenvalue weighted by molar-refractivity contribution is -0.120. The Hall–Kier alpha value is -3.26. The largest absolute Gasteiger partial charge is 0.497 e. The van der Waals surface area contributed by atoms with E-state index in [1.807, 2.05) is 6.07 Å². The maximum Gasteiger partial charge on any atom is 0.251 e. The molecule has 0 atom stereocenters. The highest BCUT2D eigenvalue weighted by molar-refractivity contribution is 14.1. The Morgan fingerprint density at radius 2 is 1.94 bits per heavy atom. The number of hydrogen-bond donors (Lipinski definition) is 2. The van der Waals surface area contributed by atoms with Gasteiger partial charge in [-0.3, -0.25) is 9.59 Å². The zero-order chi connectivity index (χ0) is 22.6. The molecule has 31 heavy (non-hydrogen) atoms. The van der Waals surface area contributed by atoms with Crippen molar-refractivity contribution >= 4 is 40.6 Å². The second-order valence-corrected chi connectivity index (χ2v) is 7.22. The Labute approximate surface area is 194 Å². The maximum absolute atomic E-state index is 12.1. The number of carbonyl (C=O) groups is 2. The zero-order valence-corrected chi connectivity index (χ0v) is 19.3. The Bertz CT molecular complexity index is 984. The summed E-state index contributed by atoms with van der Waals surface area (Å²) in [6, 6.07) is 10.2. The molecule has 2 rings (SSSR count). The first-order chi connectivity index (χ1) is 15.0. The van der Waals surface area contributed by atoms with Crippen LogP contribution in [0.4, 0.5) is 0 Å². The highest BCUT2D eigenvalue weighted by Crippen LogP contribution is 2.33. The second-order valence-electron chi connectivity index (χ2n) is 6.05. The molecule has 8 nitrogen and oxygen atoms in total. The van der Waals surface area contributed by atoms with Crippen LogP contribution in [0.15, 0.2) is 41.5 Å². The lowest BCUT2D eigenvalue weighted by Crippen LogP contribution is -2.29. The van der Waals surface area contributed by atoms with Gasteiger partial charge >= 0.3 is 0 Å². The number of methoxy groups -OCH3 is 2. The number of carbonyl (C=O) groups excluding carboxylic acids is 2. The van der Waals surface area contributed by atoms with Crippen molar-refractivity contribution in [3.8, 4) is 29.6 Å². The third-order valence-electron chi connectivity index (χ3n) is 3.94. The van der Waals surface area contributed by atoms with Crippen molar-refractivity contribution in [3.05, 3.63) is 51.1 Å². The minimum Gasteiger partial charge on any atom is -0.497 e. The molecule has 2 amide bonds. The standard InChI is InChI=1S/C22H22IN3O5/c1-4-11-31-21-18(23)12-15(13-19(21)30-3)14-25-26-20(27)9-10-24-22(28)16-5-7-17(29-2)8-6-16/h1,5-8,12-14H,9-11H2,2-3H3,(H,24,28)(H,26,27).